The molecule has 0 unspecified atom stereocenters. The van der Waals surface area contributed by atoms with Crippen LogP contribution in [0.2, 0.25) is 0 Å². The van der Waals surface area contributed by atoms with Crippen LogP contribution >= 0.6 is 0 Å². The number of pyridine rings is 2. The third-order valence-electron chi connectivity index (χ3n) is 5.39. The Morgan fingerprint density at radius 1 is 0.966 bits per heavy atom. The number of anilines is 3. The highest BCUT2D eigenvalue weighted by Crippen LogP contribution is 2.35. The second kappa shape index (κ2) is 9.81. The van der Waals surface area contributed by atoms with Crippen molar-refractivity contribution in [1.29, 1.82) is 0 Å². The lowest BCUT2D eigenvalue weighted by Gasteiger charge is -2.32. The van der Waals surface area contributed by atoms with Crippen molar-refractivity contribution in [1.82, 2.24) is 9.97 Å². The van der Waals surface area contributed by atoms with Gasteiger partial charge in [-0.05, 0) is 57.4 Å². The summed E-state index contributed by atoms with van der Waals surface area (Å²) >= 11 is 0. The van der Waals surface area contributed by atoms with Crippen molar-refractivity contribution in [3.8, 4) is 0 Å². The maximum Gasteiger partial charge on any atom is 0.214 e. The fourth-order valence-electron chi connectivity index (χ4n) is 3.63. The first-order valence-corrected chi connectivity index (χ1v) is 10.3. The predicted octanol–water partition coefficient (Wildman–Crippen LogP) is 5.25. The van der Waals surface area contributed by atoms with E-state index < -0.39 is 5.95 Å². The topological polar surface area (TPSA) is 81.1 Å². The fourth-order valence-corrected chi connectivity index (χ4v) is 3.63. The molecule has 0 amide bonds. The Labute approximate surface area is 174 Å². The molecule has 2 aliphatic rings. The Morgan fingerprint density at radius 3 is 2.00 bits per heavy atom. The van der Waals surface area contributed by atoms with Gasteiger partial charge in [-0.2, -0.15) is 4.39 Å². The van der Waals surface area contributed by atoms with E-state index in [-0.39, 0.29) is 11.4 Å². The Hall–Kier alpha value is -2.50. The van der Waals surface area contributed by atoms with E-state index in [2.05, 4.69) is 49.0 Å². The van der Waals surface area contributed by atoms with Crippen LogP contribution < -0.4 is 16.4 Å². The molecule has 1 aliphatic heterocycles. The summed E-state index contributed by atoms with van der Waals surface area (Å²) in [5.41, 5.74) is 11.6. The summed E-state index contributed by atoms with van der Waals surface area (Å²) in [6.07, 6.45) is 8.92. The number of nitrogens with two attached hydrogens (primary N) is 2. The maximum absolute atomic E-state index is 12.0. The Bertz CT molecular complexity index is 750. The van der Waals surface area contributed by atoms with Crippen molar-refractivity contribution < 1.29 is 4.39 Å². The van der Waals surface area contributed by atoms with E-state index in [1.165, 1.54) is 50.3 Å². The zero-order valence-electron chi connectivity index (χ0n) is 18.2. The lowest BCUT2D eigenvalue weighted by molar-refractivity contribution is 0.389. The molecule has 0 bridgehead atoms. The first-order chi connectivity index (χ1) is 13.6. The summed E-state index contributed by atoms with van der Waals surface area (Å²) in [6, 6.07) is 10.1. The molecule has 2 fully saturated rings. The summed E-state index contributed by atoms with van der Waals surface area (Å²) in [6.45, 7) is 10.3. The van der Waals surface area contributed by atoms with Crippen LogP contribution in [-0.2, 0) is 0 Å². The molecule has 6 heteroatoms. The van der Waals surface area contributed by atoms with Gasteiger partial charge in [-0.1, -0.05) is 26.0 Å². The van der Waals surface area contributed by atoms with Gasteiger partial charge in [-0.15, -0.1) is 0 Å². The maximum atomic E-state index is 12.0. The van der Waals surface area contributed by atoms with E-state index >= 15 is 0 Å². The van der Waals surface area contributed by atoms with Crippen molar-refractivity contribution in [2.75, 3.05) is 22.9 Å². The molecule has 29 heavy (non-hydrogen) atoms. The summed E-state index contributed by atoms with van der Waals surface area (Å²) < 4.78 is 12.0. The molecule has 0 radical (unpaired) electrons. The first kappa shape index (κ1) is 22.8. The van der Waals surface area contributed by atoms with Crippen molar-refractivity contribution in [3.05, 3.63) is 48.8 Å². The van der Waals surface area contributed by atoms with Gasteiger partial charge in [0, 0.05) is 17.5 Å². The van der Waals surface area contributed by atoms with Crippen LogP contribution in [0.25, 0.3) is 0 Å². The monoisotopic (exact) mass is 400 g/mol. The van der Waals surface area contributed by atoms with Crippen molar-refractivity contribution in [2.24, 2.45) is 5.41 Å². The Morgan fingerprint density at radius 2 is 1.62 bits per heavy atom. The zero-order chi connectivity index (χ0) is 21.5. The minimum Gasteiger partial charge on any atom is -0.384 e. The first-order valence-electron chi connectivity index (χ1n) is 10.3. The number of hydrogen-bond donors (Lipinski definition) is 2. The molecule has 0 aromatic carbocycles. The molecule has 1 saturated carbocycles. The van der Waals surface area contributed by atoms with E-state index in [1.807, 2.05) is 18.2 Å². The number of nitrogen functional groups attached to an aromatic ring is 2. The molecule has 1 saturated heterocycles. The standard InChI is InChI=1S/C11H17N3.C7H13.C5H5FN2/c1-11(2)7-4-8-14(11)10-6-3-5-9(12)13-10;1-7(2)5-3-4-6-7;6-4-2-1-3-5(7)8-4/h3,5-6H,4,7-8H2,1-2H3,(H2,12,13);3H,4-6H2,1-2H3;1-3H,(H2,7,8)/q;+1;. The molecule has 3 heterocycles. The van der Waals surface area contributed by atoms with Crippen LogP contribution in [0.3, 0.4) is 0 Å². The van der Waals surface area contributed by atoms with E-state index in [4.69, 9.17) is 11.5 Å². The van der Waals surface area contributed by atoms with Gasteiger partial charge in [0.15, 0.2) is 0 Å². The number of nitrogens with zero attached hydrogens (tertiary/aromatic N) is 3. The molecular formula is C23H35FN5+. The van der Waals surface area contributed by atoms with Crippen LogP contribution in [0.15, 0.2) is 36.4 Å². The number of rotatable bonds is 1. The predicted molar refractivity (Wildman–Crippen MR) is 120 cm³/mol. The van der Waals surface area contributed by atoms with Gasteiger partial charge in [0.1, 0.15) is 17.5 Å². The van der Waals surface area contributed by atoms with Gasteiger partial charge < -0.3 is 16.4 Å². The second-order valence-corrected chi connectivity index (χ2v) is 9.07. The highest BCUT2D eigenvalue weighted by atomic mass is 19.1. The number of aromatic nitrogens is 2. The molecule has 4 rings (SSSR count). The van der Waals surface area contributed by atoms with Gasteiger partial charge in [0.2, 0.25) is 5.95 Å². The summed E-state index contributed by atoms with van der Waals surface area (Å²) in [7, 11) is 0. The smallest absolute Gasteiger partial charge is 0.214 e. The van der Waals surface area contributed by atoms with Crippen LogP contribution in [0.5, 0.6) is 0 Å². The van der Waals surface area contributed by atoms with Crippen molar-refractivity contribution >= 4 is 17.5 Å². The van der Waals surface area contributed by atoms with E-state index in [9.17, 15) is 4.39 Å². The molecular weight excluding hydrogens is 365 g/mol. The minimum absolute atomic E-state index is 0.213. The highest BCUT2D eigenvalue weighted by Gasteiger charge is 2.32. The quantitative estimate of drug-likeness (QED) is 0.505. The number of halogens is 1. The van der Waals surface area contributed by atoms with Gasteiger partial charge in [-0.3, -0.25) is 0 Å². The van der Waals surface area contributed by atoms with Crippen molar-refractivity contribution in [3.63, 3.8) is 0 Å². The third kappa shape index (κ3) is 7.44. The molecule has 158 valence electrons. The molecule has 5 nitrogen and oxygen atoms in total. The third-order valence-corrected chi connectivity index (χ3v) is 5.39. The van der Waals surface area contributed by atoms with Gasteiger partial charge >= 0.3 is 0 Å². The molecule has 0 spiro atoms. The lowest BCUT2D eigenvalue weighted by atomic mass is 9.92. The number of hydrogen-bond acceptors (Lipinski definition) is 5. The molecule has 4 N–H and O–H groups in total. The molecule has 2 aromatic heterocycles. The van der Waals surface area contributed by atoms with Gasteiger partial charge in [-0.25, -0.2) is 9.97 Å². The molecule has 0 atom stereocenters. The Kier molecular flexibility index (Phi) is 7.71. The van der Waals surface area contributed by atoms with Crippen LogP contribution in [0.1, 0.15) is 59.8 Å². The van der Waals surface area contributed by atoms with Crippen LogP contribution in [-0.4, -0.2) is 22.1 Å². The largest absolute Gasteiger partial charge is 0.384 e. The fraction of sp³-hybridized carbons (Fsp3) is 0.522. The SMILES string of the molecule is CC1(C)CCCN1c1cccc(N)n1.CC1(C)C[CH+]CC1.Nc1cccc(F)n1. The second-order valence-electron chi connectivity index (χ2n) is 9.07. The van der Waals surface area contributed by atoms with Crippen molar-refractivity contribution in [2.45, 2.75) is 65.3 Å². The van der Waals surface area contributed by atoms with Gasteiger partial charge in [0.05, 0.1) is 19.3 Å². The van der Waals surface area contributed by atoms with Gasteiger partial charge in [0.25, 0.3) is 0 Å². The lowest BCUT2D eigenvalue weighted by Crippen LogP contribution is -2.38. The molecule has 1 aliphatic carbocycles. The average molecular weight is 401 g/mol. The summed E-state index contributed by atoms with van der Waals surface area (Å²) in [5.74, 6) is 1.28. The summed E-state index contributed by atoms with van der Waals surface area (Å²) in [4.78, 5) is 9.98. The highest BCUT2D eigenvalue weighted by molar-refractivity contribution is 5.47. The Balaban J connectivity index is 0.000000170. The summed E-state index contributed by atoms with van der Waals surface area (Å²) in [5, 5.41) is 0. The van der Waals surface area contributed by atoms with E-state index in [0.29, 0.717) is 11.2 Å². The van der Waals surface area contributed by atoms with Crippen LogP contribution in [0.4, 0.5) is 21.8 Å². The van der Waals surface area contributed by atoms with Crippen LogP contribution in [0, 0.1) is 17.8 Å². The van der Waals surface area contributed by atoms with E-state index in [0.717, 1.165) is 12.4 Å². The minimum atomic E-state index is -0.537. The normalized spacial score (nSPS) is 18.7. The van der Waals surface area contributed by atoms with E-state index in [1.54, 1.807) is 0 Å². The molecule has 2 aromatic rings. The zero-order valence-corrected chi connectivity index (χ0v) is 18.2. The average Bonchev–Trinajstić information content (AvgIpc) is 3.19.